The smallest absolute Gasteiger partial charge is 0.240 e. The number of imidazole rings is 1. The van der Waals surface area contributed by atoms with Gasteiger partial charge in [0.2, 0.25) is 5.91 Å². The minimum atomic E-state index is -0.103. The molecule has 2 fully saturated rings. The van der Waals surface area contributed by atoms with Crippen LogP contribution in [0.3, 0.4) is 0 Å². The average molecular weight is 289 g/mol. The van der Waals surface area contributed by atoms with Crippen molar-refractivity contribution in [2.24, 2.45) is 0 Å². The Morgan fingerprint density at radius 2 is 2.19 bits per heavy atom. The third-order valence-corrected chi connectivity index (χ3v) is 5.14. The van der Waals surface area contributed by atoms with Gasteiger partial charge in [0.1, 0.15) is 0 Å². The lowest BCUT2D eigenvalue weighted by Gasteiger charge is -2.30. The molecule has 0 aromatic carbocycles. The van der Waals surface area contributed by atoms with E-state index in [0.717, 1.165) is 44.0 Å². The molecule has 2 saturated heterocycles. The molecule has 4 rings (SSSR count). The standard InChI is InChI=1S/C15H23N5O/c21-15(13-7-12-14(8-16-13)18-10-17-12)20-6-2-5-19-4-1-3-11(19)9-20/h10-11,13,16H,1-9H2,(H,17,18). The minimum absolute atomic E-state index is 0.103. The number of carbonyl (C=O) groups is 1. The quantitative estimate of drug-likeness (QED) is 0.771. The van der Waals surface area contributed by atoms with Crippen LogP contribution in [-0.2, 0) is 17.8 Å². The van der Waals surface area contributed by atoms with Crippen LogP contribution in [-0.4, -0.2) is 63.9 Å². The van der Waals surface area contributed by atoms with Gasteiger partial charge in [-0.25, -0.2) is 4.98 Å². The Balaban J connectivity index is 1.45. The van der Waals surface area contributed by atoms with E-state index in [2.05, 4.69) is 25.1 Å². The van der Waals surface area contributed by atoms with E-state index in [1.807, 2.05) is 0 Å². The van der Waals surface area contributed by atoms with E-state index in [1.165, 1.54) is 19.4 Å². The Hall–Kier alpha value is -1.40. The van der Waals surface area contributed by atoms with Gasteiger partial charge in [-0.05, 0) is 25.8 Å². The largest absolute Gasteiger partial charge is 0.347 e. The number of rotatable bonds is 1. The molecule has 1 aromatic heterocycles. The van der Waals surface area contributed by atoms with Crippen LogP contribution >= 0.6 is 0 Å². The summed E-state index contributed by atoms with van der Waals surface area (Å²) < 4.78 is 0. The molecular formula is C15H23N5O. The van der Waals surface area contributed by atoms with Crippen molar-refractivity contribution in [2.45, 2.75) is 44.3 Å². The first-order chi connectivity index (χ1) is 10.3. The minimum Gasteiger partial charge on any atom is -0.347 e. The van der Waals surface area contributed by atoms with Gasteiger partial charge < -0.3 is 9.88 Å². The number of hydrogen-bond acceptors (Lipinski definition) is 4. The van der Waals surface area contributed by atoms with Gasteiger partial charge in [-0.2, -0.15) is 0 Å². The fraction of sp³-hybridized carbons (Fsp3) is 0.733. The molecule has 2 unspecified atom stereocenters. The Bertz CT molecular complexity index is 528. The van der Waals surface area contributed by atoms with E-state index in [9.17, 15) is 4.79 Å². The monoisotopic (exact) mass is 289 g/mol. The van der Waals surface area contributed by atoms with Crippen LogP contribution in [0.5, 0.6) is 0 Å². The number of amides is 1. The summed E-state index contributed by atoms with van der Waals surface area (Å²) in [5.41, 5.74) is 2.17. The van der Waals surface area contributed by atoms with Crippen molar-refractivity contribution in [1.82, 2.24) is 25.1 Å². The molecule has 6 heteroatoms. The second-order valence-electron chi connectivity index (χ2n) is 6.44. The van der Waals surface area contributed by atoms with Crippen molar-refractivity contribution in [1.29, 1.82) is 0 Å². The van der Waals surface area contributed by atoms with E-state index in [-0.39, 0.29) is 11.9 Å². The maximum absolute atomic E-state index is 12.8. The SMILES string of the molecule is O=C(C1Cc2nc[nH]c2CN1)N1CCCN2CCCC2C1. The highest BCUT2D eigenvalue weighted by atomic mass is 16.2. The van der Waals surface area contributed by atoms with Crippen molar-refractivity contribution in [3.05, 3.63) is 17.7 Å². The number of aromatic amines is 1. The Labute approximate surface area is 124 Å². The number of aromatic nitrogens is 2. The number of carbonyl (C=O) groups excluding carboxylic acids is 1. The van der Waals surface area contributed by atoms with Crippen molar-refractivity contribution in [3.8, 4) is 0 Å². The highest BCUT2D eigenvalue weighted by Crippen LogP contribution is 2.22. The molecule has 2 N–H and O–H groups in total. The fourth-order valence-electron chi connectivity index (χ4n) is 3.97. The lowest BCUT2D eigenvalue weighted by molar-refractivity contribution is -0.134. The van der Waals surface area contributed by atoms with Gasteiger partial charge in [0.25, 0.3) is 0 Å². The van der Waals surface area contributed by atoms with Crippen LogP contribution in [0.1, 0.15) is 30.7 Å². The molecule has 0 spiro atoms. The molecule has 21 heavy (non-hydrogen) atoms. The van der Waals surface area contributed by atoms with E-state index < -0.39 is 0 Å². The highest BCUT2D eigenvalue weighted by molar-refractivity contribution is 5.82. The lowest BCUT2D eigenvalue weighted by Crippen LogP contribution is -2.51. The molecule has 3 aliphatic heterocycles. The average Bonchev–Trinajstić information content (AvgIpc) is 3.10. The van der Waals surface area contributed by atoms with Gasteiger partial charge in [-0.3, -0.25) is 15.0 Å². The van der Waals surface area contributed by atoms with E-state index in [4.69, 9.17) is 0 Å². The van der Waals surface area contributed by atoms with E-state index in [1.54, 1.807) is 6.33 Å². The summed E-state index contributed by atoms with van der Waals surface area (Å²) in [6, 6.07) is 0.481. The molecule has 6 nitrogen and oxygen atoms in total. The van der Waals surface area contributed by atoms with Crippen molar-refractivity contribution in [3.63, 3.8) is 0 Å². The predicted octanol–water partition coefficient (Wildman–Crippen LogP) is 0.121. The molecule has 2 atom stereocenters. The molecule has 0 aliphatic carbocycles. The number of H-pyrrole nitrogens is 1. The molecular weight excluding hydrogens is 266 g/mol. The Kier molecular flexibility index (Phi) is 3.43. The number of nitrogens with one attached hydrogen (secondary N) is 2. The van der Waals surface area contributed by atoms with Crippen LogP contribution in [0, 0.1) is 0 Å². The van der Waals surface area contributed by atoms with Crippen molar-refractivity contribution < 1.29 is 4.79 Å². The molecule has 1 amide bonds. The second kappa shape index (κ2) is 5.42. The zero-order valence-corrected chi connectivity index (χ0v) is 12.3. The molecule has 0 bridgehead atoms. The van der Waals surface area contributed by atoms with Crippen LogP contribution < -0.4 is 5.32 Å². The number of hydrogen-bond donors (Lipinski definition) is 2. The molecule has 1 aromatic rings. The number of nitrogens with zero attached hydrogens (tertiary/aromatic N) is 3. The maximum Gasteiger partial charge on any atom is 0.240 e. The first-order valence-corrected chi connectivity index (χ1v) is 8.08. The van der Waals surface area contributed by atoms with Crippen LogP contribution in [0.25, 0.3) is 0 Å². The first kappa shape index (κ1) is 13.3. The van der Waals surface area contributed by atoms with Gasteiger partial charge in [-0.15, -0.1) is 0 Å². The third-order valence-electron chi connectivity index (χ3n) is 5.14. The summed E-state index contributed by atoms with van der Waals surface area (Å²) in [5.74, 6) is 0.261. The zero-order chi connectivity index (χ0) is 14.2. The summed E-state index contributed by atoms with van der Waals surface area (Å²) in [6.45, 7) is 4.89. The van der Waals surface area contributed by atoms with Gasteiger partial charge >= 0.3 is 0 Å². The van der Waals surface area contributed by atoms with Crippen LogP contribution in [0.2, 0.25) is 0 Å². The third kappa shape index (κ3) is 2.46. The summed E-state index contributed by atoms with van der Waals surface area (Å²) in [7, 11) is 0. The first-order valence-electron chi connectivity index (χ1n) is 8.08. The summed E-state index contributed by atoms with van der Waals surface area (Å²) in [5, 5.41) is 3.36. The van der Waals surface area contributed by atoms with Gasteiger partial charge in [-0.1, -0.05) is 0 Å². The second-order valence-corrected chi connectivity index (χ2v) is 6.44. The summed E-state index contributed by atoms with van der Waals surface area (Å²) in [4.78, 5) is 24.9. The Morgan fingerprint density at radius 1 is 1.29 bits per heavy atom. The zero-order valence-electron chi connectivity index (χ0n) is 12.3. The van der Waals surface area contributed by atoms with Crippen LogP contribution in [0.15, 0.2) is 6.33 Å². The van der Waals surface area contributed by atoms with Crippen molar-refractivity contribution in [2.75, 3.05) is 26.2 Å². The fourth-order valence-corrected chi connectivity index (χ4v) is 3.97. The summed E-state index contributed by atoms with van der Waals surface area (Å²) in [6.07, 6.45) is 6.06. The summed E-state index contributed by atoms with van der Waals surface area (Å²) >= 11 is 0. The topological polar surface area (TPSA) is 64.3 Å². The van der Waals surface area contributed by atoms with E-state index >= 15 is 0 Å². The van der Waals surface area contributed by atoms with Gasteiger partial charge in [0.05, 0.1) is 23.8 Å². The van der Waals surface area contributed by atoms with E-state index in [0.29, 0.717) is 12.5 Å². The molecule has 4 heterocycles. The number of fused-ring (bicyclic) bond motifs is 2. The lowest BCUT2D eigenvalue weighted by atomic mass is 10.0. The van der Waals surface area contributed by atoms with Crippen LogP contribution in [0.4, 0.5) is 0 Å². The highest BCUT2D eigenvalue weighted by Gasteiger charge is 2.34. The molecule has 114 valence electrons. The maximum atomic E-state index is 12.8. The predicted molar refractivity (Wildman–Crippen MR) is 78.7 cm³/mol. The van der Waals surface area contributed by atoms with Gasteiger partial charge in [0, 0.05) is 38.6 Å². The van der Waals surface area contributed by atoms with Crippen molar-refractivity contribution >= 4 is 5.91 Å². The molecule has 3 aliphatic rings. The Morgan fingerprint density at radius 3 is 3.14 bits per heavy atom. The molecule has 0 saturated carbocycles. The molecule has 0 radical (unpaired) electrons. The normalized spacial score (nSPS) is 29.8. The van der Waals surface area contributed by atoms with Gasteiger partial charge in [0.15, 0.2) is 0 Å².